The summed E-state index contributed by atoms with van der Waals surface area (Å²) in [5, 5.41) is 22.0. The number of halogens is 2. The summed E-state index contributed by atoms with van der Waals surface area (Å²) in [6, 6.07) is 13.1. The first-order valence-corrected chi connectivity index (χ1v) is 9.59. The van der Waals surface area contributed by atoms with E-state index in [2.05, 4.69) is 5.32 Å². The molecule has 3 unspecified atom stereocenters. The van der Waals surface area contributed by atoms with Gasteiger partial charge in [0.2, 0.25) is 0 Å². The van der Waals surface area contributed by atoms with Gasteiger partial charge in [0.25, 0.3) is 5.91 Å². The number of ether oxygens (including phenoxy) is 1. The van der Waals surface area contributed by atoms with Gasteiger partial charge in [-0.15, -0.1) is 0 Å². The Morgan fingerprint density at radius 2 is 1.83 bits per heavy atom. The average molecular weight is 417 g/mol. The van der Waals surface area contributed by atoms with Crippen molar-refractivity contribution >= 4 is 5.91 Å². The fourth-order valence-corrected chi connectivity index (χ4v) is 2.92. The number of nitriles is 1. The summed E-state index contributed by atoms with van der Waals surface area (Å²) in [4.78, 5) is 12.7. The van der Waals surface area contributed by atoms with E-state index in [1.165, 1.54) is 0 Å². The van der Waals surface area contributed by atoms with Crippen LogP contribution < -0.4 is 11.1 Å². The van der Waals surface area contributed by atoms with Gasteiger partial charge in [-0.2, -0.15) is 5.26 Å². The summed E-state index contributed by atoms with van der Waals surface area (Å²) in [5.74, 6) is -2.07. The molecular formula is C22H25F2N3O3. The number of hydrogen-bond acceptors (Lipinski definition) is 5. The van der Waals surface area contributed by atoms with Crippen molar-refractivity contribution in [2.75, 3.05) is 6.61 Å². The molecule has 160 valence electrons. The Kier molecular flexibility index (Phi) is 9.35. The molecular weight excluding hydrogens is 392 g/mol. The fourth-order valence-electron chi connectivity index (χ4n) is 2.92. The molecule has 0 aliphatic carbocycles. The van der Waals surface area contributed by atoms with Crippen LogP contribution in [0.4, 0.5) is 8.78 Å². The highest BCUT2D eigenvalue weighted by atomic mass is 19.1. The summed E-state index contributed by atoms with van der Waals surface area (Å²) in [6.45, 7) is 0.310. The highest BCUT2D eigenvalue weighted by Gasteiger charge is 2.32. The molecule has 30 heavy (non-hydrogen) atoms. The Morgan fingerprint density at radius 3 is 2.47 bits per heavy atom. The van der Waals surface area contributed by atoms with Crippen molar-refractivity contribution < 1.29 is 23.4 Å². The molecule has 0 aromatic heterocycles. The second-order valence-electron chi connectivity index (χ2n) is 6.89. The molecule has 2 aromatic carbocycles. The molecule has 2 rings (SSSR count). The zero-order chi connectivity index (χ0) is 21.9. The van der Waals surface area contributed by atoms with Crippen molar-refractivity contribution in [1.82, 2.24) is 5.32 Å². The number of unbranched alkanes of at least 4 members (excludes halogenated alkanes) is 1. The molecule has 0 fully saturated rings. The van der Waals surface area contributed by atoms with Crippen molar-refractivity contribution in [1.29, 1.82) is 5.26 Å². The van der Waals surface area contributed by atoms with E-state index in [1.807, 2.05) is 36.4 Å². The third-order valence-corrected chi connectivity index (χ3v) is 4.44. The number of aliphatic hydroxyl groups is 1. The van der Waals surface area contributed by atoms with Gasteiger partial charge in [0.05, 0.1) is 6.07 Å². The van der Waals surface area contributed by atoms with Crippen LogP contribution in [0.5, 0.6) is 0 Å². The number of benzene rings is 2. The van der Waals surface area contributed by atoms with Crippen molar-refractivity contribution in [3.8, 4) is 6.07 Å². The average Bonchev–Trinajstić information content (AvgIpc) is 2.71. The minimum atomic E-state index is -1.42. The highest BCUT2D eigenvalue weighted by Crippen LogP contribution is 2.14. The van der Waals surface area contributed by atoms with Gasteiger partial charge in [0.15, 0.2) is 6.10 Å². The second-order valence-corrected chi connectivity index (χ2v) is 6.89. The van der Waals surface area contributed by atoms with Gasteiger partial charge in [-0.1, -0.05) is 30.3 Å². The molecule has 2 aromatic rings. The molecule has 6 nitrogen and oxygen atoms in total. The predicted molar refractivity (Wildman–Crippen MR) is 107 cm³/mol. The number of hydrogen-bond donors (Lipinski definition) is 3. The van der Waals surface area contributed by atoms with Crippen LogP contribution >= 0.6 is 0 Å². The maximum atomic E-state index is 13.4. The number of nitrogens with two attached hydrogens (primary N) is 1. The Hall–Kier alpha value is -2.86. The molecule has 0 heterocycles. The van der Waals surface area contributed by atoms with Crippen LogP contribution in [-0.4, -0.2) is 35.9 Å². The predicted octanol–water partition coefficient (Wildman–Crippen LogP) is 2.20. The molecule has 0 saturated heterocycles. The molecule has 4 N–H and O–H groups in total. The first-order valence-electron chi connectivity index (χ1n) is 9.59. The topological polar surface area (TPSA) is 108 Å². The van der Waals surface area contributed by atoms with Gasteiger partial charge < -0.3 is 20.9 Å². The van der Waals surface area contributed by atoms with Crippen LogP contribution in [0.1, 0.15) is 24.0 Å². The zero-order valence-electron chi connectivity index (χ0n) is 16.4. The normalized spacial score (nSPS) is 13.8. The third-order valence-electron chi connectivity index (χ3n) is 4.44. The van der Waals surface area contributed by atoms with Crippen LogP contribution in [-0.2, 0) is 22.5 Å². The van der Waals surface area contributed by atoms with E-state index in [0.29, 0.717) is 6.42 Å². The van der Waals surface area contributed by atoms with Gasteiger partial charge >= 0.3 is 0 Å². The van der Waals surface area contributed by atoms with Crippen LogP contribution in [0.15, 0.2) is 48.5 Å². The van der Waals surface area contributed by atoms with Crippen LogP contribution in [0.3, 0.4) is 0 Å². The van der Waals surface area contributed by atoms with Crippen LogP contribution in [0.25, 0.3) is 0 Å². The molecule has 8 heteroatoms. The van der Waals surface area contributed by atoms with Gasteiger partial charge in [0.1, 0.15) is 17.7 Å². The SMILES string of the molecule is N#CCCCOC(C(=O)NCc1ccccc1)C(O)C(N)Cc1cc(F)cc(F)c1. The number of carbonyl (C=O) groups is 1. The number of rotatable bonds is 11. The largest absolute Gasteiger partial charge is 0.388 e. The number of aliphatic hydroxyl groups excluding tert-OH is 1. The van der Waals surface area contributed by atoms with Gasteiger partial charge in [-0.3, -0.25) is 4.79 Å². The van der Waals surface area contributed by atoms with Gasteiger partial charge in [0, 0.05) is 31.7 Å². The quantitative estimate of drug-likeness (QED) is 0.486. The number of amides is 1. The van der Waals surface area contributed by atoms with Crippen molar-refractivity contribution in [2.24, 2.45) is 5.73 Å². The Labute approximate surface area is 174 Å². The van der Waals surface area contributed by atoms with Crippen molar-refractivity contribution in [3.63, 3.8) is 0 Å². The zero-order valence-corrected chi connectivity index (χ0v) is 16.4. The lowest BCUT2D eigenvalue weighted by Crippen LogP contribution is -2.52. The molecule has 0 aliphatic heterocycles. The molecule has 1 amide bonds. The number of nitrogens with one attached hydrogen (secondary N) is 1. The van der Waals surface area contributed by atoms with E-state index in [9.17, 15) is 18.7 Å². The summed E-state index contributed by atoms with van der Waals surface area (Å²) >= 11 is 0. The highest BCUT2D eigenvalue weighted by molar-refractivity contribution is 5.81. The lowest BCUT2D eigenvalue weighted by molar-refractivity contribution is -0.142. The summed E-state index contributed by atoms with van der Waals surface area (Å²) < 4.78 is 32.3. The molecule has 0 radical (unpaired) electrons. The molecule has 0 saturated carbocycles. The first-order chi connectivity index (χ1) is 14.4. The summed E-state index contributed by atoms with van der Waals surface area (Å²) in [5.41, 5.74) is 7.14. The van der Waals surface area contributed by atoms with E-state index >= 15 is 0 Å². The lowest BCUT2D eigenvalue weighted by Gasteiger charge is -2.27. The standard InChI is InChI=1S/C22H25F2N3O3/c23-17-10-16(11-18(24)13-17)12-19(26)20(28)21(30-9-5-4-8-25)22(29)27-14-15-6-2-1-3-7-15/h1-3,6-7,10-11,13,19-21,28H,4-5,9,12,14,26H2,(H,27,29). The van der Waals surface area contributed by atoms with Crippen LogP contribution in [0, 0.1) is 23.0 Å². The maximum Gasteiger partial charge on any atom is 0.252 e. The van der Waals surface area contributed by atoms with E-state index < -0.39 is 35.8 Å². The monoisotopic (exact) mass is 417 g/mol. The minimum Gasteiger partial charge on any atom is -0.388 e. The maximum absolute atomic E-state index is 13.4. The molecule has 0 spiro atoms. The first kappa shape index (κ1) is 23.4. The number of nitrogens with zero attached hydrogens (tertiary/aromatic N) is 1. The minimum absolute atomic E-state index is 0.0557. The van der Waals surface area contributed by atoms with E-state index in [0.717, 1.165) is 23.8 Å². The smallest absolute Gasteiger partial charge is 0.252 e. The Balaban J connectivity index is 2.04. The molecule has 3 atom stereocenters. The van der Waals surface area contributed by atoms with Crippen molar-refractivity contribution in [2.45, 2.75) is 44.1 Å². The van der Waals surface area contributed by atoms with E-state index in [1.54, 1.807) is 0 Å². The van der Waals surface area contributed by atoms with Gasteiger partial charge in [-0.05, 0) is 36.1 Å². The number of carbonyl (C=O) groups excluding carboxylic acids is 1. The third kappa shape index (κ3) is 7.52. The van der Waals surface area contributed by atoms with Crippen molar-refractivity contribution in [3.05, 3.63) is 71.3 Å². The Bertz CT molecular complexity index is 838. The van der Waals surface area contributed by atoms with Gasteiger partial charge in [-0.25, -0.2) is 8.78 Å². The summed E-state index contributed by atoms with van der Waals surface area (Å²) in [6.07, 6.45) is -2.14. The van der Waals surface area contributed by atoms with Crippen LogP contribution in [0.2, 0.25) is 0 Å². The summed E-state index contributed by atoms with van der Waals surface area (Å²) in [7, 11) is 0. The fraction of sp³-hybridized carbons (Fsp3) is 0.364. The lowest BCUT2D eigenvalue weighted by atomic mass is 9.97. The van der Waals surface area contributed by atoms with E-state index in [4.69, 9.17) is 15.7 Å². The molecule has 0 bridgehead atoms. The Morgan fingerprint density at radius 1 is 1.17 bits per heavy atom. The molecule has 0 aliphatic rings. The second kappa shape index (κ2) is 12.0. The van der Waals surface area contributed by atoms with E-state index in [-0.39, 0.29) is 31.6 Å².